The molecular formula is C20H22N4O5S3. The number of carbonyl (C=O) groups is 1. The summed E-state index contributed by atoms with van der Waals surface area (Å²) >= 11 is 1.11. The molecule has 0 bridgehead atoms. The fraction of sp³-hybridized carbons (Fsp3) is 0.300. The lowest BCUT2D eigenvalue weighted by Crippen LogP contribution is -2.41. The number of primary sulfonamides is 1. The Morgan fingerprint density at radius 3 is 2.44 bits per heavy atom. The van der Waals surface area contributed by atoms with Gasteiger partial charge in [-0.1, -0.05) is 17.8 Å². The Morgan fingerprint density at radius 1 is 1.09 bits per heavy atom. The first-order valence-electron chi connectivity index (χ1n) is 9.92. The zero-order valence-electron chi connectivity index (χ0n) is 17.2. The lowest BCUT2D eigenvalue weighted by Gasteiger charge is -2.32. The van der Waals surface area contributed by atoms with Crippen LogP contribution in [-0.4, -0.2) is 44.6 Å². The summed E-state index contributed by atoms with van der Waals surface area (Å²) in [6, 6.07) is 10.0. The van der Waals surface area contributed by atoms with Gasteiger partial charge in [-0.15, -0.1) is 0 Å². The molecule has 0 spiro atoms. The van der Waals surface area contributed by atoms with Crippen LogP contribution in [0.3, 0.4) is 0 Å². The molecule has 0 radical (unpaired) electrons. The van der Waals surface area contributed by atoms with Crippen molar-refractivity contribution < 1.29 is 21.6 Å². The van der Waals surface area contributed by atoms with Crippen molar-refractivity contribution in [2.75, 3.05) is 11.9 Å². The molecular weight excluding hydrogens is 472 g/mol. The molecule has 3 N–H and O–H groups in total. The largest absolute Gasteiger partial charge is 0.298 e. The number of nitrogens with zero attached hydrogens (tertiary/aromatic N) is 2. The van der Waals surface area contributed by atoms with Crippen LogP contribution in [0.5, 0.6) is 0 Å². The molecule has 2 heterocycles. The van der Waals surface area contributed by atoms with Crippen LogP contribution in [0.1, 0.15) is 36.5 Å². The molecule has 9 nitrogen and oxygen atoms in total. The van der Waals surface area contributed by atoms with Gasteiger partial charge in [0.15, 0.2) is 5.13 Å². The second-order valence-corrected chi connectivity index (χ2v) is 12.1. The maximum absolute atomic E-state index is 12.9. The summed E-state index contributed by atoms with van der Waals surface area (Å²) in [6.07, 6.45) is 2.69. The van der Waals surface area contributed by atoms with Crippen LogP contribution in [0.4, 0.5) is 5.13 Å². The minimum Gasteiger partial charge on any atom is -0.298 e. The summed E-state index contributed by atoms with van der Waals surface area (Å²) in [7, 11) is -7.45. The fourth-order valence-electron chi connectivity index (χ4n) is 3.65. The molecule has 4 rings (SSSR count). The van der Waals surface area contributed by atoms with Crippen molar-refractivity contribution in [1.29, 1.82) is 0 Å². The van der Waals surface area contributed by atoms with Gasteiger partial charge in [-0.25, -0.2) is 27.0 Å². The number of thiazole rings is 1. The van der Waals surface area contributed by atoms with E-state index in [4.69, 9.17) is 5.14 Å². The molecule has 1 aliphatic rings. The second kappa shape index (κ2) is 8.52. The van der Waals surface area contributed by atoms with Gasteiger partial charge in [0, 0.05) is 18.2 Å². The van der Waals surface area contributed by atoms with E-state index >= 15 is 0 Å². The molecule has 2 aromatic carbocycles. The van der Waals surface area contributed by atoms with Gasteiger partial charge in [0.25, 0.3) is 5.91 Å². The van der Waals surface area contributed by atoms with E-state index in [1.807, 2.05) is 6.92 Å². The van der Waals surface area contributed by atoms with Crippen molar-refractivity contribution >= 4 is 52.6 Å². The normalized spacial score (nSPS) is 18.0. The van der Waals surface area contributed by atoms with Crippen LogP contribution < -0.4 is 10.5 Å². The summed E-state index contributed by atoms with van der Waals surface area (Å²) < 4.78 is 51.0. The summed E-state index contributed by atoms with van der Waals surface area (Å²) in [5.74, 6) is -0.453. The Kier molecular flexibility index (Phi) is 6.07. The van der Waals surface area contributed by atoms with Crippen molar-refractivity contribution in [3.05, 3.63) is 48.0 Å². The second-order valence-electron chi connectivity index (χ2n) is 7.63. The van der Waals surface area contributed by atoms with Crippen LogP contribution in [-0.2, 0) is 20.0 Å². The van der Waals surface area contributed by atoms with Gasteiger partial charge in [0.1, 0.15) is 0 Å². The molecule has 1 aromatic heterocycles. The van der Waals surface area contributed by atoms with E-state index in [0.717, 1.165) is 30.6 Å². The lowest BCUT2D eigenvalue weighted by atomic mass is 10.1. The van der Waals surface area contributed by atoms with Gasteiger partial charge in [0.05, 0.1) is 20.0 Å². The number of fused-ring (bicyclic) bond motifs is 1. The van der Waals surface area contributed by atoms with Gasteiger partial charge in [0.2, 0.25) is 20.0 Å². The number of hydrogen-bond acceptors (Lipinski definition) is 7. The van der Waals surface area contributed by atoms with Gasteiger partial charge in [-0.3, -0.25) is 10.1 Å². The molecule has 1 amide bonds. The topological polar surface area (TPSA) is 140 Å². The highest BCUT2D eigenvalue weighted by Crippen LogP contribution is 2.29. The van der Waals surface area contributed by atoms with E-state index in [1.165, 1.54) is 46.8 Å². The predicted molar refractivity (Wildman–Crippen MR) is 123 cm³/mol. The van der Waals surface area contributed by atoms with Crippen molar-refractivity contribution in [3.8, 4) is 0 Å². The van der Waals surface area contributed by atoms with Gasteiger partial charge >= 0.3 is 0 Å². The minimum absolute atomic E-state index is 0.0358. The third-order valence-corrected chi connectivity index (χ3v) is 9.25. The number of nitrogens with one attached hydrogen (secondary N) is 1. The quantitative estimate of drug-likeness (QED) is 0.559. The third kappa shape index (κ3) is 4.55. The Hall–Kier alpha value is -2.38. The maximum atomic E-state index is 12.9. The van der Waals surface area contributed by atoms with Gasteiger partial charge in [-0.2, -0.15) is 4.31 Å². The van der Waals surface area contributed by atoms with Crippen LogP contribution in [0, 0.1) is 0 Å². The average molecular weight is 495 g/mol. The highest BCUT2D eigenvalue weighted by molar-refractivity contribution is 7.89. The number of anilines is 1. The van der Waals surface area contributed by atoms with E-state index in [1.54, 1.807) is 0 Å². The first kappa shape index (κ1) is 22.8. The third-order valence-electron chi connectivity index (χ3n) is 5.37. The average Bonchev–Trinajstić information content (AvgIpc) is 3.15. The summed E-state index contributed by atoms with van der Waals surface area (Å²) in [5, 5.41) is 8.10. The lowest BCUT2D eigenvalue weighted by molar-refractivity contribution is 0.102. The molecule has 1 atom stereocenters. The predicted octanol–water partition coefficient (Wildman–Crippen LogP) is 2.76. The summed E-state index contributed by atoms with van der Waals surface area (Å²) in [4.78, 5) is 17.0. The molecule has 1 aliphatic heterocycles. The zero-order valence-corrected chi connectivity index (χ0v) is 19.6. The summed E-state index contributed by atoms with van der Waals surface area (Å²) in [6.45, 7) is 2.40. The minimum atomic E-state index is -3.84. The number of benzene rings is 2. The molecule has 0 aliphatic carbocycles. The van der Waals surface area contributed by atoms with Crippen molar-refractivity contribution in [1.82, 2.24) is 9.29 Å². The van der Waals surface area contributed by atoms with Crippen molar-refractivity contribution in [2.24, 2.45) is 5.14 Å². The van der Waals surface area contributed by atoms with E-state index in [9.17, 15) is 21.6 Å². The van der Waals surface area contributed by atoms with Gasteiger partial charge in [-0.05, 0) is 62.2 Å². The highest BCUT2D eigenvalue weighted by atomic mass is 32.2. The standard InChI is InChI=1S/C20H22N4O5S3/c1-13-4-2-3-11-24(13)32(28,29)15-7-5-14(6-8-15)19(25)23-20-22-17-10-9-16(31(21,26)27)12-18(17)30-20/h5-10,12-13H,2-4,11H2,1H3,(H2,21,26,27)(H,22,23,25)/t13-/m0/s1. The molecule has 1 saturated heterocycles. The van der Waals surface area contributed by atoms with Crippen molar-refractivity contribution in [3.63, 3.8) is 0 Å². The first-order chi connectivity index (χ1) is 15.1. The number of rotatable bonds is 5. The molecule has 32 heavy (non-hydrogen) atoms. The van der Waals surface area contributed by atoms with E-state index in [2.05, 4.69) is 10.3 Å². The number of aromatic nitrogens is 1. The molecule has 12 heteroatoms. The molecule has 3 aromatic rings. The van der Waals surface area contributed by atoms with E-state index < -0.39 is 26.0 Å². The molecule has 0 saturated carbocycles. The van der Waals surface area contributed by atoms with Crippen LogP contribution in [0.2, 0.25) is 0 Å². The smallest absolute Gasteiger partial charge is 0.257 e. The zero-order chi connectivity index (χ0) is 23.1. The fourth-order valence-corrected chi connectivity index (χ4v) is 6.86. The number of carbonyl (C=O) groups excluding carboxylic acids is 1. The number of sulfonamides is 2. The number of hydrogen-bond donors (Lipinski definition) is 2. The Bertz CT molecular complexity index is 1380. The number of nitrogens with two attached hydrogens (primary N) is 1. The Morgan fingerprint density at radius 2 is 1.78 bits per heavy atom. The number of amides is 1. The van der Waals surface area contributed by atoms with Crippen LogP contribution in [0.25, 0.3) is 10.2 Å². The molecule has 170 valence electrons. The van der Waals surface area contributed by atoms with Gasteiger partial charge < -0.3 is 0 Å². The molecule has 0 unspecified atom stereocenters. The molecule has 1 fully saturated rings. The Labute approximate surface area is 190 Å². The highest BCUT2D eigenvalue weighted by Gasteiger charge is 2.31. The van der Waals surface area contributed by atoms with Crippen LogP contribution >= 0.6 is 11.3 Å². The summed E-state index contributed by atoms with van der Waals surface area (Å²) in [5.41, 5.74) is 0.801. The van der Waals surface area contributed by atoms with Crippen LogP contribution in [0.15, 0.2) is 52.3 Å². The van der Waals surface area contributed by atoms with E-state index in [0.29, 0.717) is 16.8 Å². The first-order valence-corrected chi connectivity index (χ1v) is 13.7. The maximum Gasteiger partial charge on any atom is 0.257 e. The van der Waals surface area contributed by atoms with E-state index in [-0.39, 0.29) is 26.5 Å². The monoisotopic (exact) mass is 494 g/mol. The number of piperidine rings is 1. The van der Waals surface area contributed by atoms with Crippen molar-refractivity contribution in [2.45, 2.75) is 42.0 Å². The SMILES string of the molecule is C[C@H]1CCCCN1S(=O)(=O)c1ccc(C(=O)Nc2nc3ccc(S(N)(=O)=O)cc3s2)cc1. The Balaban J connectivity index is 1.52.